The zero-order valence-electron chi connectivity index (χ0n) is 13.6. The summed E-state index contributed by atoms with van der Waals surface area (Å²) < 4.78 is 32.6. The summed E-state index contributed by atoms with van der Waals surface area (Å²) in [7, 11) is 0. The summed E-state index contributed by atoms with van der Waals surface area (Å²) in [6.07, 6.45) is 4.09. The first kappa shape index (κ1) is 16.6. The van der Waals surface area contributed by atoms with Gasteiger partial charge in [0.05, 0.1) is 5.69 Å². The van der Waals surface area contributed by atoms with Gasteiger partial charge in [-0.2, -0.15) is 0 Å². The van der Waals surface area contributed by atoms with Gasteiger partial charge in [0.1, 0.15) is 11.6 Å². The van der Waals surface area contributed by atoms with Gasteiger partial charge in [0.15, 0.2) is 6.39 Å². The number of aromatic nitrogens is 1. The zero-order valence-corrected chi connectivity index (χ0v) is 13.6. The van der Waals surface area contributed by atoms with Crippen LogP contribution in [-0.4, -0.2) is 28.9 Å². The average Bonchev–Trinajstić information content (AvgIpc) is 3.00. The molecule has 6 heteroatoms. The summed E-state index contributed by atoms with van der Waals surface area (Å²) >= 11 is 0. The molecule has 1 amide bonds. The summed E-state index contributed by atoms with van der Waals surface area (Å²) in [5.41, 5.74) is 0.711. The number of likely N-dealkylation sites (tertiary alicyclic amines) is 1. The van der Waals surface area contributed by atoms with Crippen LogP contribution in [-0.2, 0) is 6.42 Å². The Morgan fingerprint density at radius 3 is 2.79 bits per heavy atom. The Morgan fingerprint density at radius 1 is 1.38 bits per heavy atom. The van der Waals surface area contributed by atoms with Crippen molar-refractivity contribution >= 4 is 5.91 Å². The summed E-state index contributed by atoms with van der Waals surface area (Å²) in [6, 6.07) is 3.93. The van der Waals surface area contributed by atoms with Gasteiger partial charge < -0.3 is 9.32 Å². The molecule has 0 unspecified atom stereocenters. The number of piperidine rings is 1. The van der Waals surface area contributed by atoms with Gasteiger partial charge >= 0.3 is 0 Å². The first-order chi connectivity index (χ1) is 11.6. The molecule has 1 fully saturated rings. The monoisotopic (exact) mass is 334 g/mol. The van der Waals surface area contributed by atoms with E-state index >= 15 is 0 Å². The lowest BCUT2D eigenvalue weighted by molar-refractivity contribution is 0.0635. The molecule has 2 aromatic rings. The number of carbonyl (C=O) groups is 1. The molecule has 24 heavy (non-hydrogen) atoms. The maximum absolute atomic E-state index is 13.7. The van der Waals surface area contributed by atoms with Crippen LogP contribution in [0.15, 0.2) is 29.0 Å². The summed E-state index contributed by atoms with van der Waals surface area (Å²) in [5.74, 6) is -0.667. The van der Waals surface area contributed by atoms with Crippen molar-refractivity contribution < 1.29 is 18.0 Å². The molecule has 1 aliphatic rings. The lowest BCUT2D eigenvalue weighted by atomic mass is 9.91. The Hall–Kier alpha value is -2.24. The van der Waals surface area contributed by atoms with Gasteiger partial charge in [-0.15, -0.1) is 0 Å². The van der Waals surface area contributed by atoms with Crippen molar-refractivity contribution in [3.63, 3.8) is 0 Å². The van der Waals surface area contributed by atoms with Gasteiger partial charge in [-0.05, 0) is 50.7 Å². The van der Waals surface area contributed by atoms with E-state index in [9.17, 15) is 13.6 Å². The van der Waals surface area contributed by atoms with E-state index in [0.29, 0.717) is 31.6 Å². The SMILES string of the molecule is Cc1ncoc1C(=O)N1CCC[C@@H](CCc2c(F)cccc2F)C1. The number of hydrogen-bond donors (Lipinski definition) is 0. The van der Waals surface area contributed by atoms with Crippen LogP contribution in [0.25, 0.3) is 0 Å². The molecule has 0 aliphatic carbocycles. The number of oxazole rings is 1. The van der Waals surface area contributed by atoms with Crippen molar-refractivity contribution in [2.75, 3.05) is 13.1 Å². The second-order valence-electron chi connectivity index (χ2n) is 6.27. The van der Waals surface area contributed by atoms with E-state index in [1.807, 2.05) is 0 Å². The van der Waals surface area contributed by atoms with Gasteiger partial charge in [0, 0.05) is 18.7 Å². The summed E-state index contributed by atoms with van der Waals surface area (Å²) in [6.45, 7) is 2.98. The first-order valence-electron chi connectivity index (χ1n) is 8.18. The molecule has 1 atom stereocenters. The maximum atomic E-state index is 13.7. The Kier molecular flexibility index (Phi) is 4.92. The third-order valence-electron chi connectivity index (χ3n) is 4.61. The fourth-order valence-electron chi connectivity index (χ4n) is 3.26. The maximum Gasteiger partial charge on any atom is 0.291 e. The van der Waals surface area contributed by atoms with Crippen LogP contribution in [0, 0.1) is 24.5 Å². The third-order valence-corrected chi connectivity index (χ3v) is 4.61. The van der Waals surface area contributed by atoms with Crippen molar-refractivity contribution in [2.24, 2.45) is 5.92 Å². The number of amides is 1. The molecule has 128 valence electrons. The highest BCUT2D eigenvalue weighted by atomic mass is 19.1. The molecule has 3 rings (SSSR count). The molecule has 1 saturated heterocycles. The van der Waals surface area contributed by atoms with Gasteiger partial charge in [-0.1, -0.05) is 6.07 Å². The van der Waals surface area contributed by atoms with Gasteiger partial charge in [-0.3, -0.25) is 4.79 Å². The van der Waals surface area contributed by atoms with Gasteiger partial charge in [-0.25, -0.2) is 13.8 Å². The van der Waals surface area contributed by atoms with Crippen molar-refractivity contribution in [1.82, 2.24) is 9.88 Å². The molecule has 0 radical (unpaired) electrons. The number of hydrogen-bond acceptors (Lipinski definition) is 3. The predicted molar refractivity (Wildman–Crippen MR) is 84.5 cm³/mol. The molecular formula is C18H20F2N2O2. The lowest BCUT2D eigenvalue weighted by Crippen LogP contribution is -2.40. The van der Waals surface area contributed by atoms with Crippen molar-refractivity contribution in [3.05, 3.63) is 53.2 Å². The number of halogens is 2. The number of benzene rings is 1. The number of rotatable bonds is 4. The predicted octanol–water partition coefficient (Wildman–Crippen LogP) is 3.75. The third kappa shape index (κ3) is 3.47. The minimum absolute atomic E-state index is 0.132. The van der Waals surface area contributed by atoms with Crippen LogP contribution in [0.4, 0.5) is 8.78 Å². The quantitative estimate of drug-likeness (QED) is 0.855. The minimum atomic E-state index is -0.504. The Labute approximate surface area is 139 Å². The smallest absolute Gasteiger partial charge is 0.291 e. The first-order valence-corrected chi connectivity index (χ1v) is 8.18. The van der Waals surface area contributed by atoms with E-state index in [0.717, 1.165) is 12.8 Å². The van der Waals surface area contributed by atoms with E-state index in [-0.39, 0.29) is 23.1 Å². The normalized spacial score (nSPS) is 18.0. The number of aryl methyl sites for hydroxylation is 1. The zero-order chi connectivity index (χ0) is 17.1. The van der Waals surface area contributed by atoms with E-state index < -0.39 is 11.6 Å². The molecule has 1 aliphatic heterocycles. The van der Waals surface area contributed by atoms with Crippen LogP contribution < -0.4 is 0 Å². The molecule has 0 N–H and O–H groups in total. The highest BCUT2D eigenvalue weighted by Gasteiger charge is 2.27. The highest BCUT2D eigenvalue weighted by molar-refractivity contribution is 5.92. The van der Waals surface area contributed by atoms with E-state index in [4.69, 9.17) is 4.42 Å². The van der Waals surface area contributed by atoms with Crippen molar-refractivity contribution in [1.29, 1.82) is 0 Å². The van der Waals surface area contributed by atoms with E-state index in [1.165, 1.54) is 24.6 Å². The summed E-state index contributed by atoms with van der Waals surface area (Å²) in [4.78, 5) is 18.2. The molecular weight excluding hydrogens is 314 g/mol. The second kappa shape index (κ2) is 7.11. The minimum Gasteiger partial charge on any atom is -0.438 e. The Morgan fingerprint density at radius 2 is 2.12 bits per heavy atom. The fourth-order valence-corrected chi connectivity index (χ4v) is 3.26. The molecule has 0 saturated carbocycles. The van der Waals surface area contributed by atoms with Crippen molar-refractivity contribution in [3.8, 4) is 0 Å². The molecule has 1 aromatic carbocycles. The highest BCUT2D eigenvalue weighted by Crippen LogP contribution is 2.25. The Bertz CT molecular complexity index is 709. The van der Waals surface area contributed by atoms with Gasteiger partial charge in [0.25, 0.3) is 5.91 Å². The molecule has 0 bridgehead atoms. The fraction of sp³-hybridized carbons (Fsp3) is 0.444. The Balaban J connectivity index is 1.62. The summed E-state index contributed by atoms with van der Waals surface area (Å²) in [5, 5.41) is 0. The van der Waals surface area contributed by atoms with Crippen LogP contribution in [0.5, 0.6) is 0 Å². The molecule has 4 nitrogen and oxygen atoms in total. The molecule has 2 heterocycles. The van der Waals surface area contributed by atoms with Crippen LogP contribution >= 0.6 is 0 Å². The van der Waals surface area contributed by atoms with Crippen LogP contribution in [0.1, 0.15) is 41.1 Å². The number of carbonyl (C=O) groups excluding carboxylic acids is 1. The second-order valence-corrected chi connectivity index (χ2v) is 6.27. The van der Waals surface area contributed by atoms with Crippen LogP contribution in [0.2, 0.25) is 0 Å². The van der Waals surface area contributed by atoms with Crippen LogP contribution in [0.3, 0.4) is 0 Å². The molecule has 0 spiro atoms. The topological polar surface area (TPSA) is 46.3 Å². The molecule has 1 aromatic heterocycles. The van der Waals surface area contributed by atoms with E-state index in [1.54, 1.807) is 11.8 Å². The van der Waals surface area contributed by atoms with Crippen molar-refractivity contribution in [2.45, 2.75) is 32.6 Å². The van der Waals surface area contributed by atoms with Gasteiger partial charge in [0.2, 0.25) is 5.76 Å². The lowest BCUT2D eigenvalue weighted by Gasteiger charge is -2.32. The standard InChI is InChI=1S/C18H20F2N2O2/c1-12-17(24-11-21-12)18(23)22-9-3-4-13(10-22)7-8-14-15(19)5-2-6-16(14)20/h2,5-6,11,13H,3-4,7-10H2,1H3/t13-/m0/s1. The number of nitrogens with zero attached hydrogens (tertiary/aromatic N) is 2. The average molecular weight is 334 g/mol. The van der Waals surface area contributed by atoms with E-state index in [2.05, 4.69) is 4.98 Å². The largest absolute Gasteiger partial charge is 0.438 e.